The van der Waals surface area contributed by atoms with Gasteiger partial charge in [-0.3, -0.25) is 4.55 Å². The first-order valence-corrected chi connectivity index (χ1v) is 8.62. The van der Waals surface area contributed by atoms with Gasteiger partial charge >= 0.3 is 0 Å². The van der Waals surface area contributed by atoms with Crippen LogP contribution in [-0.4, -0.2) is 18.7 Å². The monoisotopic (exact) mass is 264 g/mol. The van der Waals surface area contributed by atoms with Crippen LogP contribution in [0.25, 0.3) is 0 Å². The molecule has 0 aromatic rings. The molecule has 0 amide bonds. The van der Waals surface area contributed by atoms with Crippen LogP contribution in [0.4, 0.5) is 0 Å². The first-order valence-electron chi connectivity index (χ1n) is 7.01. The van der Waals surface area contributed by atoms with Gasteiger partial charge in [-0.25, -0.2) is 0 Å². The van der Waals surface area contributed by atoms with Crippen LogP contribution in [0, 0.1) is 0 Å². The molecule has 0 bridgehead atoms. The van der Waals surface area contributed by atoms with Gasteiger partial charge in [-0.1, -0.05) is 71.1 Å². The van der Waals surface area contributed by atoms with Crippen LogP contribution in [-0.2, 0) is 10.1 Å². The number of hydrogen-bond acceptors (Lipinski definition) is 2. The van der Waals surface area contributed by atoms with E-state index in [2.05, 4.69) is 6.92 Å². The first-order chi connectivity index (χ1) is 8.06. The SMILES string of the molecule is CCCCCCCCCCCCCS(=O)(=O)O. The highest BCUT2D eigenvalue weighted by molar-refractivity contribution is 7.85. The Balaban J connectivity index is 3.04. The molecule has 3 nitrogen and oxygen atoms in total. The van der Waals surface area contributed by atoms with Gasteiger partial charge in [0, 0.05) is 0 Å². The zero-order valence-electron chi connectivity index (χ0n) is 11.2. The van der Waals surface area contributed by atoms with Gasteiger partial charge in [0.15, 0.2) is 0 Å². The fourth-order valence-electron chi connectivity index (χ4n) is 1.95. The molecule has 0 aliphatic rings. The molecule has 0 heterocycles. The second-order valence-corrected chi connectivity index (χ2v) is 6.39. The third-order valence-electron chi connectivity index (χ3n) is 3.01. The summed E-state index contributed by atoms with van der Waals surface area (Å²) in [5.74, 6) is -0.0793. The second kappa shape index (κ2) is 11.0. The van der Waals surface area contributed by atoms with E-state index in [1.165, 1.54) is 51.4 Å². The van der Waals surface area contributed by atoms with E-state index >= 15 is 0 Å². The lowest BCUT2D eigenvalue weighted by Crippen LogP contribution is -2.03. The summed E-state index contributed by atoms with van der Waals surface area (Å²) < 4.78 is 29.4. The average Bonchev–Trinajstić information content (AvgIpc) is 2.24. The lowest BCUT2D eigenvalue weighted by molar-refractivity contribution is 0.478. The van der Waals surface area contributed by atoms with Gasteiger partial charge in [-0.2, -0.15) is 8.42 Å². The van der Waals surface area contributed by atoms with Crippen molar-refractivity contribution in [1.29, 1.82) is 0 Å². The molecule has 104 valence electrons. The molecule has 0 rings (SSSR count). The summed E-state index contributed by atoms with van der Waals surface area (Å²) in [4.78, 5) is 0. The van der Waals surface area contributed by atoms with Gasteiger partial charge in [0.2, 0.25) is 0 Å². The topological polar surface area (TPSA) is 54.4 Å². The molecule has 4 heteroatoms. The summed E-state index contributed by atoms with van der Waals surface area (Å²) in [5.41, 5.74) is 0. The van der Waals surface area contributed by atoms with Gasteiger partial charge in [-0.15, -0.1) is 0 Å². The van der Waals surface area contributed by atoms with E-state index in [0.29, 0.717) is 6.42 Å². The van der Waals surface area contributed by atoms with Crippen molar-refractivity contribution in [2.45, 2.75) is 77.6 Å². The second-order valence-electron chi connectivity index (χ2n) is 4.82. The maximum absolute atomic E-state index is 10.4. The third-order valence-corrected chi connectivity index (χ3v) is 3.81. The molecule has 0 aliphatic carbocycles. The van der Waals surface area contributed by atoms with Gasteiger partial charge in [0.05, 0.1) is 5.75 Å². The van der Waals surface area contributed by atoms with Crippen molar-refractivity contribution < 1.29 is 13.0 Å². The van der Waals surface area contributed by atoms with E-state index in [9.17, 15) is 8.42 Å². The Kier molecular flexibility index (Phi) is 11.0. The molecule has 0 atom stereocenters. The minimum atomic E-state index is -3.73. The van der Waals surface area contributed by atoms with Crippen molar-refractivity contribution in [2.24, 2.45) is 0 Å². The van der Waals surface area contributed by atoms with E-state index in [-0.39, 0.29) is 5.75 Å². The van der Waals surface area contributed by atoms with Crippen LogP contribution in [0.2, 0.25) is 0 Å². The third kappa shape index (κ3) is 15.9. The van der Waals surface area contributed by atoms with Gasteiger partial charge in [0.1, 0.15) is 0 Å². The summed E-state index contributed by atoms with van der Waals surface area (Å²) in [7, 11) is -3.73. The van der Waals surface area contributed by atoms with Crippen molar-refractivity contribution in [2.75, 3.05) is 5.75 Å². The molecule has 1 N–H and O–H groups in total. The summed E-state index contributed by atoms with van der Waals surface area (Å²) in [5, 5.41) is 0. The molecule has 0 aliphatic heterocycles. The Labute approximate surface area is 107 Å². The Bertz CT molecular complexity index is 247. The van der Waals surface area contributed by atoms with Crippen LogP contribution >= 0.6 is 0 Å². The van der Waals surface area contributed by atoms with E-state index in [1.54, 1.807) is 0 Å². The van der Waals surface area contributed by atoms with Crippen LogP contribution in [0.15, 0.2) is 0 Å². The Morgan fingerprint density at radius 2 is 1.06 bits per heavy atom. The van der Waals surface area contributed by atoms with Crippen molar-refractivity contribution >= 4 is 10.1 Å². The number of hydrogen-bond donors (Lipinski definition) is 1. The Morgan fingerprint density at radius 3 is 1.41 bits per heavy atom. The molecular weight excluding hydrogens is 236 g/mol. The van der Waals surface area contributed by atoms with Crippen molar-refractivity contribution in [3.05, 3.63) is 0 Å². The predicted molar refractivity (Wildman–Crippen MR) is 72.9 cm³/mol. The molecule has 0 saturated heterocycles. The molecule has 0 unspecified atom stereocenters. The van der Waals surface area contributed by atoms with Crippen molar-refractivity contribution in [3.63, 3.8) is 0 Å². The van der Waals surface area contributed by atoms with Gasteiger partial charge < -0.3 is 0 Å². The summed E-state index contributed by atoms with van der Waals surface area (Å²) in [6.07, 6.45) is 13.1. The number of unbranched alkanes of at least 4 members (excludes halogenated alkanes) is 10. The molecule has 0 spiro atoms. The molecular formula is C13H28O3S. The summed E-state index contributed by atoms with van der Waals surface area (Å²) >= 11 is 0. The van der Waals surface area contributed by atoms with Crippen LogP contribution in [0.1, 0.15) is 77.6 Å². The molecule has 17 heavy (non-hydrogen) atoms. The normalized spacial score (nSPS) is 11.9. The van der Waals surface area contributed by atoms with Crippen LogP contribution in [0.5, 0.6) is 0 Å². The largest absolute Gasteiger partial charge is 0.286 e. The molecule has 0 aromatic heterocycles. The zero-order valence-corrected chi connectivity index (χ0v) is 12.0. The standard InChI is InChI=1S/C13H28O3S/c1-2-3-4-5-6-7-8-9-10-11-12-13-17(14,15)16/h2-13H2,1H3,(H,14,15,16). The van der Waals surface area contributed by atoms with Gasteiger partial charge in [-0.05, 0) is 6.42 Å². The minimum absolute atomic E-state index is 0.0793. The highest BCUT2D eigenvalue weighted by atomic mass is 32.2. The lowest BCUT2D eigenvalue weighted by atomic mass is 10.1. The van der Waals surface area contributed by atoms with Gasteiger partial charge in [0.25, 0.3) is 10.1 Å². The highest BCUT2D eigenvalue weighted by Crippen LogP contribution is 2.11. The minimum Gasteiger partial charge on any atom is -0.286 e. The summed E-state index contributed by atoms with van der Waals surface area (Å²) in [6.45, 7) is 2.23. The van der Waals surface area contributed by atoms with Crippen LogP contribution < -0.4 is 0 Å². The average molecular weight is 264 g/mol. The highest BCUT2D eigenvalue weighted by Gasteiger charge is 2.02. The fourth-order valence-corrected chi connectivity index (χ4v) is 2.52. The number of rotatable bonds is 12. The molecule has 0 radical (unpaired) electrons. The van der Waals surface area contributed by atoms with Crippen molar-refractivity contribution in [3.8, 4) is 0 Å². The maximum Gasteiger partial charge on any atom is 0.264 e. The lowest BCUT2D eigenvalue weighted by Gasteiger charge is -2.01. The Morgan fingerprint density at radius 1 is 0.706 bits per heavy atom. The van der Waals surface area contributed by atoms with E-state index in [4.69, 9.17) is 4.55 Å². The fraction of sp³-hybridized carbons (Fsp3) is 1.00. The van der Waals surface area contributed by atoms with Crippen LogP contribution in [0.3, 0.4) is 0 Å². The first kappa shape index (κ1) is 16.9. The zero-order chi connectivity index (χ0) is 13.0. The summed E-state index contributed by atoms with van der Waals surface area (Å²) in [6, 6.07) is 0. The van der Waals surface area contributed by atoms with E-state index in [0.717, 1.165) is 12.8 Å². The molecule has 0 saturated carbocycles. The molecule has 0 aromatic carbocycles. The van der Waals surface area contributed by atoms with E-state index < -0.39 is 10.1 Å². The van der Waals surface area contributed by atoms with E-state index in [1.807, 2.05) is 0 Å². The predicted octanol–water partition coefficient (Wildman–Crippen LogP) is 4.19. The van der Waals surface area contributed by atoms with Crippen molar-refractivity contribution in [1.82, 2.24) is 0 Å². The smallest absolute Gasteiger partial charge is 0.264 e. The maximum atomic E-state index is 10.4. The molecule has 0 fully saturated rings. The Hall–Kier alpha value is -0.0900. The quantitative estimate of drug-likeness (QED) is 0.425.